The minimum Gasteiger partial charge on any atom is -0.508 e. The maximum Gasteiger partial charge on any atom is 0.197 e. The van der Waals surface area contributed by atoms with Crippen LogP contribution in [0, 0.1) is 0 Å². The molecule has 2 aliphatic heterocycles. The normalized spacial score (nSPS) is 32.5. The summed E-state index contributed by atoms with van der Waals surface area (Å²) >= 11 is 0. The van der Waals surface area contributed by atoms with Gasteiger partial charge in [0, 0.05) is 17.7 Å². The number of aliphatic hydroxyl groups excluding tert-OH is 6. The molecule has 14 heteroatoms. The van der Waals surface area contributed by atoms with Crippen LogP contribution in [0.25, 0.3) is 22.3 Å². The number of phenols is 3. The lowest BCUT2D eigenvalue weighted by Crippen LogP contribution is -2.57. The molecule has 5 rings (SSSR count). The second-order valence-electron chi connectivity index (χ2n) is 9.62. The number of hydrogen-bond acceptors (Lipinski definition) is 14. The van der Waals surface area contributed by atoms with E-state index in [9.17, 15) is 50.8 Å². The third-order valence-corrected chi connectivity index (χ3v) is 7.09. The van der Waals surface area contributed by atoms with Gasteiger partial charge in [0.05, 0.1) is 18.8 Å². The number of benzene rings is 2. The van der Waals surface area contributed by atoms with E-state index in [1.807, 2.05) is 0 Å². The minimum absolute atomic E-state index is 0.0280. The van der Waals surface area contributed by atoms with Crippen molar-refractivity contribution in [1.82, 2.24) is 0 Å². The van der Waals surface area contributed by atoms with Gasteiger partial charge < -0.3 is 64.6 Å². The van der Waals surface area contributed by atoms with Crippen LogP contribution in [0.5, 0.6) is 17.2 Å². The van der Waals surface area contributed by atoms with Gasteiger partial charge in [0.2, 0.25) is 0 Å². The Kier molecular flexibility index (Phi) is 7.71. The Morgan fingerprint density at radius 2 is 1.40 bits per heavy atom. The zero-order chi connectivity index (χ0) is 28.9. The number of fused-ring (bicyclic) bond motifs is 1. The fourth-order valence-electron chi connectivity index (χ4n) is 4.97. The van der Waals surface area contributed by atoms with Crippen LogP contribution in [0.4, 0.5) is 0 Å². The maximum atomic E-state index is 13.1. The van der Waals surface area contributed by atoms with E-state index < -0.39 is 85.3 Å². The number of phenolic OH excluding ortho intramolecular Hbond substituents is 3. The number of rotatable bonds is 6. The summed E-state index contributed by atoms with van der Waals surface area (Å²) in [4.78, 5) is 13.1. The highest BCUT2D eigenvalue weighted by molar-refractivity contribution is 5.89. The quantitative estimate of drug-likeness (QED) is 0.167. The van der Waals surface area contributed by atoms with Gasteiger partial charge >= 0.3 is 0 Å². The highest BCUT2D eigenvalue weighted by atomic mass is 16.7. The Morgan fingerprint density at radius 3 is 2.02 bits per heavy atom. The van der Waals surface area contributed by atoms with Crippen molar-refractivity contribution in [3.63, 3.8) is 0 Å². The van der Waals surface area contributed by atoms with E-state index in [4.69, 9.17) is 18.6 Å². The third kappa shape index (κ3) is 4.79. The molecule has 14 nitrogen and oxygen atoms in total. The van der Waals surface area contributed by atoms with Gasteiger partial charge in [0.25, 0.3) is 0 Å². The molecule has 0 radical (unpaired) electrons. The lowest BCUT2D eigenvalue weighted by Gasteiger charge is -2.43. The third-order valence-electron chi connectivity index (χ3n) is 7.09. The molecule has 2 aromatic carbocycles. The van der Waals surface area contributed by atoms with Gasteiger partial charge in [-0.15, -0.1) is 0 Å². The van der Waals surface area contributed by atoms with E-state index in [0.29, 0.717) is 5.56 Å². The minimum atomic E-state index is -1.84. The van der Waals surface area contributed by atoms with E-state index in [-0.39, 0.29) is 28.0 Å². The lowest BCUT2D eigenvalue weighted by molar-refractivity contribution is -0.289. The van der Waals surface area contributed by atoms with Gasteiger partial charge in [-0.3, -0.25) is 4.79 Å². The standard InChI is InChI=1S/C26H28O14/c27-7-15-19(33)21(35)25(40-26-22(36)20(34)16(8-28)39-26)24(38-15)18-12(31)5-11(30)17-13(32)6-14(37-23(17)18)9-1-3-10(29)4-2-9/h1-6,15-16,19-22,24-31,33-36H,7-8H2/t15-,16+,19-,20-,21+,22-,24+,25-,26-/m1/s1. The van der Waals surface area contributed by atoms with Crippen LogP contribution in [0.15, 0.2) is 45.6 Å². The summed E-state index contributed by atoms with van der Waals surface area (Å²) in [7, 11) is 0. The molecule has 2 aliphatic rings. The number of aromatic hydroxyl groups is 3. The van der Waals surface area contributed by atoms with E-state index in [1.165, 1.54) is 24.3 Å². The molecule has 2 saturated heterocycles. The molecule has 1 aromatic heterocycles. The topological polar surface area (TPSA) is 240 Å². The zero-order valence-corrected chi connectivity index (χ0v) is 20.6. The van der Waals surface area contributed by atoms with Gasteiger partial charge in [-0.25, -0.2) is 0 Å². The van der Waals surface area contributed by atoms with E-state index in [1.54, 1.807) is 0 Å². The fourth-order valence-corrected chi connectivity index (χ4v) is 4.97. The summed E-state index contributed by atoms with van der Waals surface area (Å²) < 4.78 is 22.8. The van der Waals surface area contributed by atoms with E-state index in [2.05, 4.69) is 0 Å². The van der Waals surface area contributed by atoms with Gasteiger partial charge in [-0.1, -0.05) is 0 Å². The van der Waals surface area contributed by atoms with Crippen molar-refractivity contribution in [2.45, 2.75) is 55.1 Å². The maximum absolute atomic E-state index is 13.1. The Morgan fingerprint density at radius 1 is 0.775 bits per heavy atom. The second-order valence-corrected chi connectivity index (χ2v) is 9.62. The Labute approximate surface area is 225 Å². The van der Waals surface area contributed by atoms with Crippen LogP contribution in [0.2, 0.25) is 0 Å². The van der Waals surface area contributed by atoms with Gasteiger partial charge in [0.15, 0.2) is 17.3 Å². The first-order chi connectivity index (χ1) is 19.0. The smallest absolute Gasteiger partial charge is 0.197 e. The molecule has 0 spiro atoms. The molecular formula is C26H28O14. The van der Waals surface area contributed by atoms with Crippen LogP contribution in [-0.4, -0.2) is 108 Å². The Balaban J connectivity index is 1.67. The summed E-state index contributed by atoms with van der Waals surface area (Å²) in [5.41, 5.74) is -1.07. The summed E-state index contributed by atoms with van der Waals surface area (Å²) in [5.74, 6) is -1.39. The average molecular weight is 564 g/mol. The van der Waals surface area contributed by atoms with Gasteiger partial charge in [-0.2, -0.15) is 0 Å². The average Bonchev–Trinajstić information content (AvgIpc) is 3.20. The summed E-state index contributed by atoms with van der Waals surface area (Å²) in [6.07, 6.45) is -14.4. The van der Waals surface area contributed by atoms with E-state index >= 15 is 0 Å². The summed E-state index contributed by atoms with van der Waals surface area (Å²) in [5, 5.41) is 91.9. The highest BCUT2D eigenvalue weighted by Gasteiger charge is 2.52. The molecule has 216 valence electrons. The fraction of sp³-hybridized carbons (Fsp3) is 0.423. The van der Waals surface area contributed by atoms with Crippen molar-refractivity contribution >= 4 is 11.0 Å². The van der Waals surface area contributed by atoms with Crippen molar-refractivity contribution in [2.24, 2.45) is 0 Å². The molecule has 2 fully saturated rings. The van der Waals surface area contributed by atoms with Crippen molar-refractivity contribution in [3.8, 4) is 28.6 Å². The van der Waals surface area contributed by atoms with Crippen LogP contribution in [0.1, 0.15) is 11.7 Å². The molecule has 3 heterocycles. The largest absolute Gasteiger partial charge is 0.508 e. The first-order valence-corrected chi connectivity index (χ1v) is 12.3. The molecule has 0 aliphatic carbocycles. The SMILES string of the molecule is O=c1cc(-c2ccc(O)cc2)oc2c([C@@H]3O[C@H](CO)[C@@H](O)[C@H](O)[C@H]3O[C@H]3O[C@@H](CO)[C@@H](O)[C@H]3O)c(O)cc(O)c12. The van der Waals surface area contributed by atoms with Crippen molar-refractivity contribution in [1.29, 1.82) is 0 Å². The number of aliphatic hydroxyl groups is 6. The zero-order valence-electron chi connectivity index (χ0n) is 20.6. The van der Waals surface area contributed by atoms with Crippen LogP contribution < -0.4 is 5.43 Å². The number of ether oxygens (including phenoxy) is 3. The molecular weight excluding hydrogens is 536 g/mol. The monoisotopic (exact) mass is 564 g/mol. The summed E-state index contributed by atoms with van der Waals surface area (Å²) in [6.45, 7) is -1.45. The molecule has 3 aromatic rings. The lowest BCUT2D eigenvalue weighted by atomic mass is 9.89. The van der Waals surface area contributed by atoms with Crippen LogP contribution in [-0.2, 0) is 14.2 Å². The Bertz CT molecular complexity index is 1420. The highest BCUT2D eigenvalue weighted by Crippen LogP contribution is 2.45. The second kappa shape index (κ2) is 10.9. The van der Waals surface area contributed by atoms with Gasteiger partial charge in [0.1, 0.15) is 77.2 Å². The summed E-state index contributed by atoms with van der Waals surface area (Å²) in [6, 6.07) is 7.52. The van der Waals surface area contributed by atoms with Crippen molar-refractivity contribution in [2.75, 3.05) is 13.2 Å². The molecule has 0 bridgehead atoms. The molecule has 40 heavy (non-hydrogen) atoms. The van der Waals surface area contributed by atoms with Crippen molar-refractivity contribution < 1.29 is 64.6 Å². The molecule has 9 atom stereocenters. The predicted molar refractivity (Wildman–Crippen MR) is 132 cm³/mol. The van der Waals surface area contributed by atoms with E-state index in [0.717, 1.165) is 12.1 Å². The van der Waals surface area contributed by atoms with Gasteiger partial charge in [-0.05, 0) is 24.3 Å². The molecule has 0 saturated carbocycles. The molecule has 0 unspecified atom stereocenters. The number of hydrogen-bond donors (Lipinski definition) is 9. The predicted octanol–water partition coefficient (Wildman–Crippen LogP) is -1.45. The Hall–Kier alpha value is -3.31. The first kappa shape index (κ1) is 28.2. The van der Waals surface area contributed by atoms with Crippen molar-refractivity contribution in [3.05, 3.63) is 52.2 Å². The first-order valence-electron chi connectivity index (χ1n) is 12.3. The van der Waals surface area contributed by atoms with Crippen LogP contribution in [0.3, 0.4) is 0 Å². The molecule has 9 N–H and O–H groups in total. The molecule has 0 amide bonds. The van der Waals surface area contributed by atoms with Crippen LogP contribution >= 0.6 is 0 Å².